The molecule has 0 saturated carbocycles. The maximum absolute atomic E-state index is 13.1. The maximum atomic E-state index is 13.1. The molecule has 0 bridgehead atoms. The van der Waals surface area contributed by atoms with Crippen LogP contribution in [0.15, 0.2) is 58.1 Å². The first kappa shape index (κ1) is 22.8. The van der Waals surface area contributed by atoms with E-state index in [1.165, 1.54) is 37.3 Å². The number of ether oxygens (including phenoxy) is 1. The van der Waals surface area contributed by atoms with E-state index in [-0.39, 0.29) is 69.9 Å². The first-order valence-corrected chi connectivity index (χ1v) is 10.6. The maximum Gasteiger partial charge on any atom is 0.255 e. The Morgan fingerprint density at radius 1 is 1.06 bits per heavy atom. The minimum Gasteiger partial charge on any atom is -0.436 e. The Labute approximate surface area is 198 Å². The molecule has 0 aromatic heterocycles. The third-order valence-electron chi connectivity index (χ3n) is 4.98. The van der Waals surface area contributed by atoms with Crippen molar-refractivity contribution < 1.29 is 23.5 Å². The highest BCUT2D eigenvalue weighted by Gasteiger charge is 2.28. The number of anilines is 1. The number of ketones is 2. The first-order valence-electron chi connectivity index (χ1n) is 9.82. The Hall–Kier alpha value is -3.36. The molecule has 0 fully saturated rings. The Morgan fingerprint density at radius 3 is 2.39 bits per heavy atom. The molecule has 2 aliphatic rings. The molecule has 0 unspecified atom stereocenters. The van der Waals surface area contributed by atoms with Gasteiger partial charge in [-0.2, -0.15) is 10.1 Å². The zero-order chi connectivity index (χ0) is 23.7. The molecule has 33 heavy (non-hydrogen) atoms. The summed E-state index contributed by atoms with van der Waals surface area (Å²) in [5.41, 5.74) is 1.69. The second kappa shape index (κ2) is 9.25. The summed E-state index contributed by atoms with van der Waals surface area (Å²) in [6.07, 6.45) is 1.48. The standard InChI is InChI=1S/C23H16Cl2FN3O4/c1-12-19(30)10-22(32)29(28-12)16-8-17(24)23(18(25)9-16)33-21-7-14(20(31)11-27-21)6-13-2-4-15(26)5-3-13/h2-5,7-9H,6,10-11H2,1H3. The lowest BCUT2D eigenvalue weighted by molar-refractivity contribution is -0.124. The van der Waals surface area contributed by atoms with Gasteiger partial charge in [0.25, 0.3) is 5.91 Å². The van der Waals surface area contributed by atoms with Crippen LogP contribution in [0.2, 0.25) is 10.0 Å². The molecule has 7 nitrogen and oxygen atoms in total. The summed E-state index contributed by atoms with van der Waals surface area (Å²) >= 11 is 12.7. The van der Waals surface area contributed by atoms with Crippen LogP contribution in [0.3, 0.4) is 0 Å². The highest BCUT2D eigenvalue weighted by molar-refractivity contribution is 6.44. The summed E-state index contributed by atoms with van der Waals surface area (Å²) in [6.45, 7) is 1.40. The lowest BCUT2D eigenvalue weighted by Crippen LogP contribution is -2.36. The number of hydrogen-bond donors (Lipinski definition) is 0. The average Bonchev–Trinajstić information content (AvgIpc) is 2.77. The lowest BCUT2D eigenvalue weighted by atomic mass is 10.00. The van der Waals surface area contributed by atoms with Gasteiger partial charge >= 0.3 is 0 Å². The fourth-order valence-electron chi connectivity index (χ4n) is 3.23. The van der Waals surface area contributed by atoms with Gasteiger partial charge in [0.05, 0.1) is 22.2 Å². The molecule has 0 atom stereocenters. The molecule has 2 aliphatic heterocycles. The molecular formula is C23H16Cl2FN3O4. The topological polar surface area (TPSA) is 88.4 Å². The smallest absolute Gasteiger partial charge is 0.255 e. The molecular weight excluding hydrogens is 472 g/mol. The van der Waals surface area contributed by atoms with Gasteiger partial charge in [0.15, 0.2) is 17.3 Å². The number of nitrogens with zero attached hydrogens (tertiary/aromatic N) is 3. The van der Waals surface area contributed by atoms with Crippen LogP contribution >= 0.6 is 23.2 Å². The van der Waals surface area contributed by atoms with Crippen LogP contribution in [0.5, 0.6) is 5.75 Å². The van der Waals surface area contributed by atoms with Crippen molar-refractivity contribution in [2.45, 2.75) is 19.8 Å². The molecule has 0 aliphatic carbocycles. The summed E-state index contributed by atoms with van der Waals surface area (Å²) in [6, 6.07) is 8.72. The van der Waals surface area contributed by atoms with Crippen LogP contribution in [0.1, 0.15) is 18.9 Å². The van der Waals surface area contributed by atoms with Gasteiger partial charge in [-0.1, -0.05) is 35.3 Å². The van der Waals surface area contributed by atoms with E-state index in [9.17, 15) is 18.8 Å². The second-order valence-corrected chi connectivity index (χ2v) is 8.20. The van der Waals surface area contributed by atoms with Crippen LogP contribution in [-0.4, -0.2) is 35.6 Å². The molecule has 2 aromatic rings. The van der Waals surface area contributed by atoms with E-state index in [4.69, 9.17) is 27.9 Å². The quantitative estimate of drug-likeness (QED) is 0.599. The Kier molecular flexibility index (Phi) is 6.40. The van der Waals surface area contributed by atoms with Crippen molar-refractivity contribution in [3.05, 3.63) is 69.5 Å². The van der Waals surface area contributed by atoms with Crippen LogP contribution in [0.25, 0.3) is 0 Å². The number of hydrazone groups is 1. The van der Waals surface area contributed by atoms with Crippen molar-refractivity contribution in [1.29, 1.82) is 0 Å². The van der Waals surface area contributed by atoms with Gasteiger partial charge in [-0.05, 0) is 36.8 Å². The Morgan fingerprint density at radius 2 is 1.73 bits per heavy atom. The zero-order valence-electron chi connectivity index (χ0n) is 17.3. The lowest BCUT2D eigenvalue weighted by Gasteiger charge is -2.23. The van der Waals surface area contributed by atoms with E-state index in [2.05, 4.69) is 10.1 Å². The predicted octanol–water partition coefficient (Wildman–Crippen LogP) is 4.34. The van der Waals surface area contributed by atoms with Crippen LogP contribution in [0.4, 0.5) is 10.1 Å². The molecule has 0 N–H and O–H groups in total. The SMILES string of the molecule is CC1=NN(c2cc(Cl)c(OC3=NCC(=O)C(Cc4ccc(F)cc4)=C3)c(Cl)c2)C(=O)CC1=O. The van der Waals surface area contributed by atoms with Gasteiger partial charge in [0, 0.05) is 18.1 Å². The highest BCUT2D eigenvalue weighted by Crippen LogP contribution is 2.38. The molecule has 2 aromatic carbocycles. The van der Waals surface area contributed by atoms with Gasteiger partial charge < -0.3 is 4.74 Å². The van der Waals surface area contributed by atoms with Crippen molar-refractivity contribution in [3.63, 3.8) is 0 Å². The van der Waals surface area contributed by atoms with Crippen molar-refractivity contribution in [3.8, 4) is 5.75 Å². The van der Waals surface area contributed by atoms with Gasteiger partial charge in [-0.3, -0.25) is 14.4 Å². The number of Topliss-reactive ketones (excluding diaryl/α,β-unsaturated/α-hetero) is 2. The number of hydrogen-bond acceptors (Lipinski definition) is 6. The van der Waals surface area contributed by atoms with Gasteiger partial charge in [-0.25, -0.2) is 9.38 Å². The van der Waals surface area contributed by atoms with E-state index in [0.29, 0.717) is 5.57 Å². The van der Waals surface area contributed by atoms with Crippen LogP contribution in [0, 0.1) is 5.82 Å². The highest BCUT2D eigenvalue weighted by atomic mass is 35.5. The summed E-state index contributed by atoms with van der Waals surface area (Å²) in [7, 11) is 0. The summed E-state index contributed by atoms with van der Waals surface area (Å²) in [5, 5.41) is 5.24. The molecule has 10 heteroatoms. The van der Waals surface area contributed by atoms with Crippen LogP contribution in [-0.2, 0) is 20.8 Å². The van der Waals surface area contributed by atoms with E-state index < -0.39 is 5.91 Å². The van der Waals surface area contributed by atoms with E-state index in [1.807, 2.05) is 0 Å². The van der Waals surface area contributed by atoms with Gasteiger partial charge in [0.1, 0.15) is 18.1 Å². The number of benzene rings is 2. The molecule has 4 rings (SSSR count). The predicted molar refractivity (Wildman–Crippen MR) is 123 cm³/mol. The van der Waals surface area contributed by atoms with Gasteiger partial charge in [0.2, 0.25) is 5.90 Å². The zero-order valence-corrected chi connectivity index (χ0v) is 18.8. The molecule has 2 heterocycles. The normalized spacial score (nSPS) is 16.4. The summed E-state index contributed by atoms with van der Waals surface area (Å²) in [5.74, 6) is -1.16. The van der Waals surface area contributed by atoms with E-state index in [1.54, 1.807) is 12.1 Å². The fourth-order valence-corrected chi connectivity index (χ4v) is 3.79. The molecule has 0 spiro atoms. The molecule has 1 amide bonds. The third-order valence-corrected chi connectivity index (χ3v) is 5.54. The second-order valence-electron chi connectivity index (χ2n) is 7.38. The number of dihydropyridines is 1. The van der Waals surface area contributed by atoms with Crippen molar-refractivity contribution in [1.82, 2.24) is 0 Å². The number of amides is 1. The Balaban J connectivity index is 1.57. The first-order chi connectivity index (χ1) is 15.7. The van der Waals surface area contributed by atoms with Gasteiger partial charge in [-0.15, -0.1) is 0 Å². The van der Waals surface area contributed by atoms with E-state index >= 15 is 0 Å². The third kappa shape index (κ3) is 5.02. The summed E-state index contributed by atoms with van der Waals surface area (Å²) in [4.78, 5) is 40.2. The molecule has 168 valence electrons. The van der Waals surface area contributed by atoms with Crippen molar-refractivity contribution in [2.24, 2.45) is 10.1 Å². The molecule has 0 radical (unpaired) electrons. The molecule has 0 saturated heterocycles. The number of rotatable bonds is 4. The van der Waals surface area contributed by atoms with Crippen LogP contribution < -0.4 is 9.75 Å². The number of halogens is 3. The fraction of sp³-hybridized carbons (Fsp3) is 0.174. The van der Waals surface area contributed by atoms with E-state index in [0.717, 1.165) is 10.6 Å². The number of aliphatic imine (C=N–C) groups is 1. The minimum atomic E-state index is -0.505. The summed E-state index contributed by atoms with van der Waals surface area (Å²) < 4.78 is 18.9. The van der Waals surface area contributed by atoms with Crippen molar-refractivity contribution in [2.75, 3.05) is 11.6 Å². The largest absolute Gasteiger partial charge is 0.436 e. The average molecular weight is 488 g/mol. The minimum absolute atomic E-state index is 0.0862. The number of carbonyl (C=O) groups is 3. The Bertz CT molecular complexity index is 1250. The monoisotopic (exact) mass is 487 g/mol. The van der Waals surface area contributed by atoms with Crippen molar-refractivity contribution >= 4 is 58.0 Å². The number of carbonyl (C=O) groups excluding carboxylic acids is 3.